The second-order valence-electron chi connectivity index (χ2n) is 6.23. The van der Waals surface area contributed by atoms with E-state index in [1.807, 2.05) is 12.1 Å². The molecule has 0 radical (unpaired) electrons. The lowest BCUT2D eigenvalue weighted by atomic mass is 9.99. The van der Waals surface area contributed by atoms with E-state index in [1.54, 1.807) is 36.7 Å². The van der Waals surface area contributed by atoms with Crippen LogP contribution in [0.3, 0.4) is 0 Å². The lowest BCUT2D eigenvalue weighted by molar-refractivity contribution is -0.126. The van der Waals surface area contributed by atoms with Gasteiger partial charge in [-0.1, -0.05) is 15.9 Å². The first kappa shape index (κ1) is 19.0. The molecule has 2 heterocycles. The monoisotopic (exact) mass is 437 g/mol. The summed E-state index contributed by atoms with van der Waals surface area (Å²) in [6.07, 6.45) is 4.71. The molecule has 1 fully saturated rings. The highest BCUT2D eigenvalue weighted by atomic mass is 79.9. The van der Waals surface area contributed by atoms with Crippen molar-refractivity contribution in [1.82, 2.24) is 14.6 Å². The zero-order chi connectivity index (χ0) is 18.6. The van der Waals surface area contributed by atoms with Crippen molar-refractivity contribution < 1.29 is 13.2 Å². The summed E-state index contributed by atoms with van der Waals surface area (Å²) >= 11 is 3.31. The number of carbonyl (C=O) groups is 1. The number of nitrogens with zero attached hydrogens (tertiary/aromatic N) is 2. The number of rotatable bonds is 5. The highest BCUT2D eigenvalue weighted by Crippen LogP contribution is 2.25. The minimum atomic E-state index is -3.59. The molecule has 1 amide bonds. The Balaban J connectivity index is 1.64. The van der Waals surface area contributed by atoms with Gasteiger partial charge in [0.15, 0.2) is 0 Å². The van der Waals surface area contributed by atoms with Crippen molar-refractivity contribution in [2.75, 3.05) is 13.1 Å². The SMILES string of the molecule is O=C(NCc1ccncc1)[C@H]1CCCN(S(=O)(=O)c2ccc(Br)cc2)C1. The van der Waals surface area contributed by atoms with Crippen LogP contribution in [0.25, 0.3) is 0 Å². The summed E-state index contributed by atoms with van der Waals surface area (Å²) in [5, 5.41) is 2.89. The fourth-order valence-electron chi connectivity index (χ4n) is 2.96. The summed E-state index contributed by atoms with van der Waals surface area (Å²) in [6, 6.07) is 10.2. The van der Waals surface area contributed by atoms with E-state index in [0.717, 1.165) is 10.0 Å². The Hall–Kier alpha value is -1.77. The number of pyridine rings is 1. The van der Waals surface area contributed by atoms with Gasteiger partial charge >= 0.3 is 0 Å². The molecule has 6 nitrogen and oxygen atoms in total. The Bertz CT molecular complexity index is 857. The van der Waals surface area contributed by atoms with Gasteiger partial charge in [-0.05, 0) is 54.8 Å². The lowest BCUT2D eigenvalue weighted by Gasteiger charge is -2.31. The molecular formula is C18H20BrN3O3S. The Labute approximate surface area is 161 Å². The highest BCUT2D eigenvalue weighted by molar-refractivity contribution is 9.10. The molecule has 0 saturated carbocycles. The molecule has 1 aromatic heterocycles. The first-order valence-electron chi connectivity index (χ1n) is 8.39. The van der Waals surface area contributed by atoms with Gasteiger partial charge in [-0.25, -0.2) is 8.42 Å². The molecule has 8 heteroatoms. The van der Waals surface area contributed by atoms with Gasteiger partial charge in [0.1, 0.15) is 0 Å². The molecule has 0 spiro atoms. The third-order valence-corrected chi connectivity index (χ3v) is 6.83. The zero-order valence-electron chi connectivity index (χ0n) is 14.1. The van der Waals surface area contributed by atoms with E-state index in [9.17, 15) is 13.2 Å². The van der Waals surface area contributed by atoms with E-state index in [-0.39, 0.29) is 23.3 Å². The number of hydrogen-bond acceptors (Lipinski definition) is 4. The van der Waals surface area contributed by atoms with Crippen LogP contribution in [-0.4, -0.2) is 36.7 Å². The number of nitrogens with one attached hydrogen (secondary N) is 1. The number of piperidine rings is 1. The fourth-order valence-corrected chi connectivity index (χ4v) is 4.75. The Morgan fingerprint density at radius 2 is 1.88 bits per heavy atom. The molecule has 26 heavy (non-hydrogen) atoms. The summed E-state index contributed by atoms with van der Waals surface area (Å²) in [4.78, 5) is 16.7. The van der Waals surface area contributed by atoms with Gasteiger partial charge in [0.2, 0.25) is 15.9 Å². The van der Waals surface area contributed by atoms with Crippen LogP contribution in [0.5, 0.6) is 0 Å². The van der Waals surface area contributed by atoms with Crippen molar-refractivity contribution in [3.8, 4) is 0 Å². The van der Waals surface area contributed by atoms with Crippen molar-refractivity contribution in [2.24, 2.45) is 5.92 Å². The smallest absolute Gasteiger partial charge is 0.243 e. The van der Waals surface area contributed by atoms with Crippen LogP contribution in [0.15, 0.2) is 58.2 Å². The Morgan fingerprint density at radius 3 is 2.58 bits per heavy atom. The fraction of sp³-hybridized carbons (Fsp3) is 0.333. The average Bonchev–Trinajstić information content (AvgIpc) is 2.67. The van der Waals surface area contributed by atoms with E-state index in [0.29, 0.717) is 25.9 Å². The molecule has 1 saturated heterocycles. The van der Waals surface area contributed by atoms with Crippen LogP contribution in [0.2, 0.25) is 0 Å². The maximum Gasteiger partial charge on any atom is 0.243 e. The topological polar surface area (TPSA) is 79.4 Å². The minimum absolute atomic E-state index is 0.113. The molecule has 1 aliphatic heterocycles. The van der Waals surface area contributed by atoms with Crippen LogP contribution < -0.4 is 5.32 Å². The minimum Gasteiger partial charge on any atom is -0.352 e. The molecule has 2 aromatic rings. The number of amides is 1. The zero-order valence-corrected chi connectivity index (χ0v) is 16.5. The van der Waals surface area contributed by atoms with E-state index in [1.165, 1.54) is 4.31 Å². The molecule has 1 atom stereocenters. The van der Waals surface area contributed by atoms with Crippen LogP contribution in [0.1, 0.15) is 18.4 Å². The van der Waals surface area contributed by atoms with Gasteiger partial charge in [-0.2, -0.15) is 4.31 Å². The Kier molecular flexibility index (Phi) is 6.05. The van der Waals surface area contributed by atoms with Gasteiger partial charge in [0, 0.05) is 36.5 Å². The molecule has 0 bridgehead atoms. The molecule has 0 aliphatic carbocycles. The number of carbonyl (C=O) groups excluding carboxylic acids is 1. The maximum atomic E-state index is 12.8. The van der Waals surface area contributed by atoms with E-state index in [2.05, 4.69) is 26.2 Å². The summed E-state index contributed by atoms with van der Waals surface area (Å²) in [5.74, 6) is -0.451. The number of aromatic nitrogens is 1. The van der Waals surface area contributed by atoms with Crippen molar-refractivity contribution >= 4 is 31.9 Å². The van der Waals surface area contributed by atoms with E-state index < -0.39 is 10.0 Å². The average molecular weight is 438 g/mol. The molecule has 0 unspecified atom stereocenters. The van der Waals surface area contributed by atoms with Gasteiger partial charge in [0.05, 0.1) is 10.8 Å². The van der Waals surface area contributed by atoms with Gasteiger partial charge in [0.25, 0.3) is 0 Å². The van der Waals surface area contributed by atoms with Crippen LogP contribution in [-0.2, 0) is 21.4 Å². The molecule has 1 aromatic carbocycles. The normalized spacial score (nSPS) is 18.4. The van der Waals surface area contributed by atoms with Crippen molar-refractivity contribution in [2.45, 2.75) is 24.3 Å². The maximum absolute atomic E-state index is 12.8. The van der Waals surface area contributed by atoms with Gasteiger partial charge < -0.3 is 5.32 Å². The molecule has 1 aliphatic rings. The van der Waals surface area contributed by atoms with Crippen LogP contribution >= 0.6 is 15.9 Å². The lowest BCUT2D eigenvalue weighted by Crippen LogP contribution is -2.45. The number of halogens is 1. The third-order valence-electron chi connectivity index (χ3n) is 4.42. The molecule has 1 N–H and O–H groups in total. The van der Waals surface area contributed by atoms with Crippen LogP contribution in [0.4, 0.5) is 0 Å². The van der Waals surface area contributed by atoms with Crippen molar-refractivity contribution in [3.63, 3.8) is 0 Å². The van der Waals surface area contributed by atoms with Crippen molar-refractivity contribution in [1.29, 1.82) is 0 Å². The van der Waals surface area contributed by atoms with Crippen molar-refractivity contribution in [3.05, 3.63) is 58.8 Å². The number of benzene rings is 1. The quantitative estimate of drug-likeness (QED) is 0.779. The molecule has 138 valence electrons. The second kappa shape index (κ2) is 8.28. The summed E-state index contributed by atoms with van der Waals surface area (Å²) in [5.41, 5.74) is 0.962. The first-order chi connectivity index (χ1) is 12.5. The summed E-state index contributed by atoms with van der Waals surface area (Å²) in [6.45, 7) is 1.06. The Morgan fingerprint density at radius 1 is 1.19 bits per heavy atom. The first-order valence-corrected chi connectivity index (χ1v) is 10.6. The number of hydrogen-bond donors (Lipinski definition) is 1. The predicted molar refractivity (Wildman–Crippen MR) is 102 cm³/mol. The molecule has 3 rings (SSSR count). The second-order valence-corrected chi connectivity index (χ2v) is 9.08. The van der Waals surface area contributed by atoms with E-state index in [4.69, 9.17) is 0 Å². The van der Waals surface area contributed by atoms with Gasteiger partial charge in [-0.15, -0.1) is 0 Å². The summed E-state index contributed by atoms with van der Waals surface area (Å²) in [7, 11) is -3.59. The van der Waals surface area contributed by atoms with Crippen LogP contribution in [0, 0.1) is 5.92 Å². The third kappa shape index (κ3) is 4.49. The number of sulfonamides is 1. The van der Waals surface area contributed by atoms with E-state index >= 15 is 0 Å². The largest absolute Gasteiger partial charge is 0.352 e. The highest BCUT2D eigenvalue weighted by Gasteiger charge is 2.33. The predicted octanol–water partition coefficient (Wildman–Crippen LogP) is 2.56. The molecular weight excluding hydrogens is 418 g/mol. The summed E-state index contributed by atoms with van der Waals surface area (Å²) < 4.78 is 27.9. The standard InChI is InChI=1S/C18H20BrN3O3S/c19-16-3-5-17(6-4-16)26(24,25)22-11-1-2-15(13-22)18(23)21-12-14-7-9-20-10-8-14/h3-10,15H,1-2,11-13H2,(H,21,23)/t15-/m0/s1. The van der Waals surface area contributed by atoms with Gasteiger partial charge in [-0.3, -0.25) is 9.78 Å².